The average molecular weight is 357 g/mol. The molecule has 2 aromatic heterocycles. The molecule has 0 radical (unpaired) electrons. The minimum atomic E-state index is -0.354. The number of anilines is 2. The Morgan fingerprint density at radius 3 is 2.95 bits per heavy atom. The maximum Gasteiger partial charge on any atom is 0.255 e. The minimum absolute atomic E-state index is 0.281. The van der Waals surface area contributed by atoms with Gasteiger partial charge < -0.3 is 5.32 Å². The van der Waals surface area contributed by atoms with Crippen LogP contribution in [-0.2, 0) is 0 Å². The van der Waals surface area contributed by atoms with Gasteiger partial charge in [0.2, 0.25) is 0 Å². The molecule has 0 amide bonds. The van der Waals surface area contributed by atoms with Crippen LogP contribution < -0.4 is 5.32 Å². The highest BCUT2D eigenvalue weighted by Crippen LogP contribution is 2.27. The van der Waals surface area contributed by atoms with Gasteiger partial charge in [-0.05, 0) is 40.5 Å². The smallest absolute Gasteiger partial charge is 0.255 e. The Kier molecular flexibility index (Phi) is 3.31. The van der Waals surface area contributed by atoms with Crippen molar-refractivity contribution in [3.63, 3.8) is 0 Å². The Morgan fingerprint density at radius 2 is 2.15 bits per heavy atom. The fraction of sp³-hybridized carbons (Fsp3) is 0.0833. The molecular formula is C12H8BrClFN5. The van der Waals surface area contributed by atoms with Crippen molar-refractivity contribution < 1.29 is 4.39 Å². The Morgan fingerprint density at radius 1 is 1.35 bits per heavy atom. The molecule has 102 valence electrons. The molecule has 8 heteroatoms. The second-order valence-corrected chi connectivity index (χ2v) is 5.38. The molecular weight excluding hydrogens is 349 g/mol. The van der Waals surface area contributed by atoms with Crippen molar-refractivity contribution in [1.29, 1.82) is 0 Å². The number of halogens is 3. The van der Waals surface area contributed by atoms with E-state index in [4.69, 9.17) is 11.6 Å². The van der Waals surface area contributed by atoms with E-state index in [9.17, 15) is 4.39 Å². The van der Waals surface area contributed by atoms with Gasteiger partial charge >= 0.3 is 0 Å². The summed E-state index contributed by atoms with van der Waals surface area (Å²) in [7, 11) is 0. The fourth-order valence-corrected chi connectivity index (χ4v) is 2.43. The van der Waals surface area contributed by atoms with E-state index in [0.29, 0.717) is 21.8 Å². The third kappa shape index (κ3) is 2.34. The van der Waals surface area contributed by atoms with E-state index in [0.717, 1.165) is 5.56 Å². The van der Waals surface area contributed by atoms with Crippen molar-refractivity contribution in [3.05, 3.63) is 45.5 Å². The summed E-state index contributed by atoms with van der Waals surface area (Å²) in [5.74, 6) is 0.575. The number of aryl methyl sites for hydroxylation is 1. The van der Waals surface area contributed by atoms with E-state index < -0.39 is 0 Å². The summed E-state index contributed by atoms with van der Waals surface area (Å²) in [4.78, 5) is 8.00. The minimum Gasteiger partial charge on any atom is -0.340 e. The van der Waals surface area contributed by atoms with Crippen LogP contribution in [0.4, 0.5) is 15.9 Å². The lowest BCUT2D eigenvalue weighted by Gasteiger charge is -2.11. The van der Waals surface area contributed by atoms with Crippen LogP contribution >= 0.6 is 27.5 Å². The molecule has 5 nitrogen and oxygen atoms in total. The molecule has 0 unspecified atom stereocenters. The maximum absolute atomic E-state index is 13.6. The largest absolute Gasteiger partial charge is 0.340 e. The van der Waals surface area contributed by atoms with Gasteiger partial charge in [-0.15, -0.1) is 0 Å². The van der Waals surface area contributed by atoms with E-state index >= 15 is 0 Å². The second kappa shape index (κ2) is 4.99. The van der Waals surface area contributed by atoms with E-state index in [1.807, 2.05) is 6.92 Å². The number of hydrogen-bond acceptors (Lipinski definition) is 4. The molecule has 0 spiro atoms. The van der Waals surface area contributed by atoms with Crippen LogP contribution in [0.15, 0.2) is 29.0 Å². The number of benzene rings is 1. The number of fused-ring (bicyclic) bond motifs is 1. The van der Waals surface area contributed by atoms with Crippen LogP contribution in [0, 0.1) is 12.7 Å². The quantitative estimate of drug-likeness (QED) is 0.711. The summed E-state index contributed by atoms with van der Waals surface area (Å²) in [6.45, 7) is 1.87. The number of nitrogens with zero attached hydrogens (tertiary/aromatic N) is 4. The highest BCUT2D eigenvalue weighted by Gasteiger charge is 2.10. The molecule has 0 aliphatic heterocycles. The lowest BCUT2D eigenvalue weighted by atomic mass is 10.2. The molecule has 3 rings (SSSR count). The number of nitrogens with one attached hydrogen (secondary N) is 1. The monoisotopic (exact) mass is 355 g/mol. The van der Waals surface area contributed by atoms with Crippen molar-refractivity contribution in [2.45, 2.75) is 6.92 Å². The first-order valence-electron chi connectivity index (χ1n) is 5.63. The van der Waals surface area contributed by atoms with Crippen LogP contribution in [0.3, 0.4) is 0 Å². The number of rotatable bonds is 2. The summed E-state index contributed by atoms with van der Waals surface area (Å²) < 4.78 is 15.5. The van der Waals surface area contributed by atoms with E-state index in [1.54, 1.807) is 12.1 Å². The first kappa shape index (κ1) is 13.3. The van der Waals surface area contributed by atoms with Gasteiger partial charge in [-0.1, -0.05) is 11.6 Å². The van der Waals surface area contributed by atoms with Crippen molar-refractivity contribution in [3.8, 4) is 0 Å². The molecule has 0 atom stereocenters. The molecule has 3 aromatic rings. The van der Waals surface area contributed by atoms with Crippen LogP contribution in [0.2, 0.25) is 5.15 Å². The molecule has 0 saturated carbocycles. The predicted molar refractivity (Wildman–Crippen MR) is 77.9 cm³/mol. The molecule has 2 heterocycles. The van der Waals surface area contributed by atoms with Gasteiger partial charge in [0.05, 0.1) is 4.47 Å². The zero-order chi connectivity index (χ0) is 14.3. The third-order valence-electron chi connectivity index (χ3n) is 2.75. The zero-order valence-corrected chi connectivity index (χ0v) is 12.6. The van der Waals surface area contributed by atoms with Crippen molar-refractivity contribution in [1.82, 2.24) is 19.6 Å². The normalized spacial score (nSPS) is 11.0. The molecule has 0 aliphatic carbocycles. The van der Waals surface area contributed by atoms with Gasteiger partial charge in [0, 0.05) is 11.8 Å². The molecule has 20 heavy (non-hydrogen) atoms. The van der Waals surface area contributed by atoms with Crippen LogP contribution in [0.25, 0.3) is 5.78 Å². The average Bonchev–Trinajstić information content (AvgIpc) is 2.84. The zero-order valence-electron chi connectivity index (χ0n) is 10.2. The summed E-state index contributed by atoms with van der Waals surface area (Å²) in [5.41, 5.74) is 1.49. The number of aromatic nitrogens is 4. The Bertz CT molecular complexity index is 804. The van der Waals surface area contributed by atoms with Crippen molar-refractivity contribution in [2.24, 2.45) is 0 Å². The van der Waals surface area contributed by atoms with Gasteiger partial charge in [-0.2, -0.15) is 19.6 Å². The fourth-order valence-electron chi connectivity index (χ4n) is 1.79. The summed E-state index contributed by atoms with van der Waals surface area (Å²) in [5, 5.41) is 7.41. The Balaban J connectivity index is 2.09. The van der Waals surface area contributed by atoms with Crippen LogP contribution in [0.5, 0.6) is 0 Å². The standard InChI is InChI=1S/C12H8BrClFN5/c1-6-2-7(13)8(15)3-9(6)18-11-4-10(14)19-12-16-5-17-20(11)12/h2-5,18H,1H3. The first-order chi connectivity index (χ1) is 9.54. The van der Waals surface area contributed by atoms with E-state index in [-0.39, 0.29) is 11.0 Å². The topological polar surface area (TPSA) is 55.1 Å². The van der Waals surface area contributed by atoms with Gasteiger partial charge in [-0.3, -0.25) is 0 Å². The maximum atomic E-state index is 13.6. The highest BCUT2D eigenvalue weighted by atomic mass is 79.9. The van der Waals surface area contributed by atoms with Gasteiger partial charge in [0.15, 0.2) is 0 Å². The lowest BCUT2D eigenvalue weighted by Crippen LogP contribution is -2.03. The second-order valence-electron chi connectivity index (χ2n) is 4.14. The Hall–Kier alpha value is -1.73. The molecule has 1 N–H and O–H groups in total. The summed E-state index contributed by atoms with van der Waals surface area (Å²) in [6, 6.07) is 4.69. The van der Waals surface area contributed by atoms with Gasteiger partial charge in [0.25, 0.3) is 5.78 Å². The van der Waals surface area contributed by atoms with Crippen LogP contribution in [-0.4, -0.2) is 19.6 Å². The predicted octanol–water partition coefficient (Wildman–Crippen LogP) is 3.73. The van der Waals surface area contributed by atoms with E-state index in [2.05, 4.69) is 36.3 Å². The molecule has 1 aromatic carbocycles. The SMILES string of the molecule is Cc1cc(Br)c(F)cc1Nc1cc(Cl)nc2ncnn12. The first-order valence-corrected chi connectivity index (χ1v) is 6.80. The van der Waals surface area contributed by atoms with Gasteiger partial charge in [0.1, 0.15) is 23.1 Å². The summed E-state index contributed by atoms with van der Waals surface area (Å²) >= 11 is 9.08. The molecule has 0 saturated heterocycles. The van der Waals surface area contributed by atoms with E-state index in [1.165, 1.54) is 16.9 Å². The lowest BCUT2D eigenvalue weighted by molar-refractivity contribution is 0.621. The van der Waals surface area contributed by atoms with Crippen molar-refractivity contribution >= 4 is 44.8 Å². The number of hydrogen-bond donors (Lipinski definition) is 1. The Labute approximate surface area is 126 Å². The van der Waals surface area contributed by atoms with Crippen molar-refractivity contribution in [2.75, 3.05) is 5.32 Å². The highest BCUT2D eigenvalue weighted by molar-refractivity contribution is 9.10. The molecule has 0 bridgehead atoms. The summed E-state index contributed by atoms with van der Waals surface area (Å²) in [6.07, 6.45) is 1.37. The third-order valence-corrected chi connectivity index (χ3v) is 3.55. The molecule has 0 fully saturated rings. The molecule has 0 aliphatic rings. The van der Waals surface area contributed by atoms with Gasteiger partial charge in [-0.25, -0.2) is 4.39 Å². The van der Waals surface area contributed by atoms with Crippen LogP contribution in [0.1, 0.15) is 5.56 Å².